The van der Waals surface area contributed by atoms with Crippen LogP contribution in [0.1, 0.15) is 15.9 Å². The minimum atomic E-state index is 0.115. The topological polar surface area (TPSA) is 36.4 Å². The van der Waals surface area contributed by atoms with E-state index in [9.17, 15) is 4.79 Å². The summed E-state index contributed by atoms with van der Waals surface area (Å²) in [7, 11) is 0. The Hall–Kier alpha value is -2.66. The smallest absolute Gasteiger partial charge is 0.253 e. The molecular weight excluding hydrogens is 342 g/mol. The Morgan fingerprint density at radius 3 is 2.35 bits per heavy atom. The summed E-state index contributed by atoms with van der Waals surface area (Å²) >= 11 is 1.67. The molecule has 1 aliphatic heterocycles. The van der Waals surface area contributed by atoms with Gasteiger partial charge in [0.1, 0.15) is 0 Å². The Morgan fingerprint density at radius 2 is 1.65 bits per heavy atom. The molecule has 4 nitrogen and oxygen atoms in total. The molecule has 0 spiro atoms. The van der Waals surface area contributed by atoms with Gasteiger partial charge in [-0.1, -0.05) is 48.0 Å². The van der Waals surface area contributed by atoms with Crippen LogP contribution in [0.4, 0.5) is 5.13 Å². The Labute approximate surface area is 157 Å². The molecule has 0 atom stereocenters. The summed E-state index contributed by atoms with van der Waals surface area (Å²) in [6.45, 7) is 5.19. The van der Waals surface area contributed by atoms with Gasteiger partial charge in [0.05, 0.1) is 5.69 Å². The molecule has 5 heteroatoms. The summed E-state index contributed by atoms with van der Waals surface area (Å²) in [4.78, 5) is 21.6. The molecule has 1 fully saturated rings. The molecule has 0 N–H and O–H groups in total. The highest BCUT2D eigenvalue weighted by atomic mass is 32.1. The summed E-state index contributed by atoms with van der Waals surface area (Å²) in [5.74, 6) is 0.115. The van der Waals surface area contributed by atoms with E-state index >= 15 is 0 Å². The second-order valence-corrected chi connectivity index (χ2v) is 7.36. The van der Waals surface area contributed by atoms with Crippen LogP contribution in [0.5, 0.6) is 0 Å². The summed E-state index contributed by atoms with van der Waals surface area (Å²) in [5, 5.41) is 3.15. The molecule has 0 bridgehead atoms. The van der Waals surface area contributed by atoms with Gasteiger partial charge < -0.3 is 9.80 Å². The van der Waals surface area contributed by atoms with Crippen LogP contribution in [0.15, 0.2) is 60.0 Å². The van der Waals surface area contributed by atoms with Crippen molar-refractivity contribution in [3.63, 3.8) is 0 Å². The van der Waals surface area contributed by atoms with E-state index < -0.39 is 0 Å². The molecule has 0 saturated carbocycles. The fourth-order valence-corrected chi connectivity index (χ4v) is 4.02. The number of aromatic nitrogens is 1. The zero-order chi connectivity index (χ0) is 17.9. The number of nitrogens with zero attached hydrogens (tertiary/aromatic N) is 3. The molecule has 132 valence electrons. The SMILES string of the molecule is Cc1ccc(-c2csc(N3CCN(C(=O)c4ccccc4)CC3)n2)cc1. The van der Waals surface area contributed by atoms with Crippen molar-refractivity contribution in [3.8, 4) is 11.3 Å². The third kappa shape index (κ3) is 3.48. The van der Waals surface area contributed by atoms with Crippen molar-refractivity contribution >= 4 is 22.4 Å². The normalized spacial score (nSPS) is 14.5. The predicted molar refractivity (Wildman–Crippen MR) is 107 cm³/mol. The highest BCUT2D eigenvalue weighted by molar-refractivity contribution is 7.14. The van der Waals surface area contributed by atoms with Crippen molar-refractivity contribution < 1.29 is 4.79 Å². The lowest BCUT2D eigenvalue weighted by Gasteiger charge is -2.34. The van der Waals surface area contributed by atoms with Crippen LogP contribution in [-0.4, -0.2) is 42.0 Å². The maximum absolute atomic E-state index is 12.6. The van der Waals surface area contributed by atoms with Gasteiger partial charge in [-0.2, -0.15) is 0 Å². The van der Waals surface area contributed by atoms with Crippen LogP contribution in [0.2, 0.25) is 0 Å². The molecule has 2 heterocycles. The molecule has 1 aliphatic rings. The first-order chi connectivity index (χ1) is 12.7. The van der Waals surface area contributed by atoms with Crippen LogP contribution in [0, 0.1) is 6.92 Å². The number of aryl methyl sites for hydroxylation is 1. The number of rotatable bonds is 3. The Balaban J connectivity index is 1.41. The second kappa shape index (κ2) is 7.30. The van der Waals surface area contributed by atoms with Gasteiger partial charge >= 0.3 is 0 Å². The first kappa shape index (κ1) is 16.8. The van der Waals surface area contributed by atoms with Gasteiger partial charge in [0, 0.05) is 42.7 Å². The van der Waals surface area contributed by atoms with E-state index in [2.05, 4.69) is 41.5 Å². The minimum absolute atomic E-state index is 0.115. The third-order valence-corrected chi connectivity index (χ3v) is 5.60. The van der Waals surface area contributed by atoms with Crippen LogP contribution < -0.4 is 4.90 Å². The number of benzene rings is 2. The van der Waals surface area contributed by atoms with Gasteiger partial charge in [0.15, 0.2) is 5.13 Å². The zero-order valence-electron chi connectivity index (χ0n) is 14.8. The van der Waals surface area contributed by atoms with E-state index in [4.69, 9.17) is 4.98 Å². The number of anilines is 1. The molecule has 1 saturated heterocycles. The van der Waals surface area contributed by atoms with E-state index in [1.807, 2.05) is 35.2 Å². The molecule has 3 aromatic rings. The van der Waals surface area contributed by atoms with Crippen molar-refractivity contribution in [3.05, 3.63) is 71.1 Å². The average Bonchev–Trinajstić information content (AvgIpc) is 3.19. The van der Waals surface area contributed by atoms with Gasteiger partial charge in [-0.3, -0.25) is 4.79 Å². The predicted octanol–water partition coefficient (Wildman–Crippen LogP) is 4.08. The maximum Gasteiger partial charge on any atom is 0.253 e. The van der Waals surface area contributed by atoms with E-state index in [1.165, 1.54) is 5.56 Å². The number of hydrogen-bond acceptors (Lipinski definition) is 4. The van der Waals surface area contributed by atoms with E-state index in [0.717, 1.165) is 48.1 Å². The molecule has 1 amide bonds. The Bertz CT molecular complexity index is 881. The second-order valence-electron chi connectivity index (χ2n) is 6.53. The molecule has 26 heavy (non-hydrogen) atoms. The summed E-state index contributed by atoms with van der Waals surface area (Å²) in [6, 6.07) is 18.0. The van der Waals surface area contributed by atoms with Crippen molar-refractivity contribution in [2.75, 3.05) is 31.1 Å². The average molecular weight is 363 g/mol. The molecule has 0 unspecified atom stereocenters. The standard InChI is InChI=1S/C21H21N3OS/c1-16-7-9-17(10-8-16)19-15-26-21(22-19)24-13-11-23(12-14-24)20(25)18-5-3-2-4-6-18/h2-10,15H,11-14H2,1H3. The van der Waals surface area contributed by atoms with E-state index in [0.29, 0.717) is 0 Å². The molecule has 4 rings (SSSR count). The quantitative estimate of drug-likeness (QED) is 0.703. The first-order valence-corrected chi connectivity index (χ1v) is 9.70. The fourth-order valence-electron chi connectivity index (χ4n) is 3.13. The van der Waals surface area contributed by atoms with Gasteiger partial charge in [0.2, 0.25) is 0 Å². The monoisotopic (exact) mass is 363 g/mol. The highest BCUT2D eigenvalue weighted by Crippen LogP contribution is 2.28. The number of carbonyl (C=O) groups excluding carboxylic acids is 1. The van der Waals surface area contributed by atoms with Crippen LogP contribution in [0.3, 0.4) is 0 Å². The first-order valence-electron chi connectivity index (χ1n) is 8.82. The van der Waals surface area contributed by atoms with Gasteiger partial charge in [0.25, 0.3) is 5.91 Å². The molecular formula is C21H21N3OS. The van der Waals surface area contributed by atoms with E-state index in [-0.39, 0.29) is 5.91 Å². The largest absolute Gasteiger partial charge is 0.345 e. The van der Waals surface area contributed by atoms with Gasteiger partial charge in [-0.05, 0) is 19.1 Å². The Kier molecular flexibility index (Phi) is 4.71. The lowest BCUT2D eigenvalue weighted by atomic mass is 10.1. The minimum Gasteiger partial charge on any atom is -0.345 e. The number of carbonyl (C=O) groups is 1. The lowest BCUT2D eigenvalue weighted by molar-refractivity contribution is 0.0747. The number of thiazole rings is 1. The fraction of sp³-hybridized carbons (Fsp3) is 0.238. The van der Waals surface area contributed by atoms with Crippen LogP contribution in [0.25, 0.3) is 11.3 Å². The number of piperazine rings is 1. The highest BCUT2D eigenvalue weighted by Gasteiger charge is 2.23. The van der Waals surface area contributed by atoms with Crippen molar-refractivity contribution in [2.24, 2.45) is 0 Å². The molecule has 0 radical (unpaired) electrons. The number of hydrogen-bond donors (Lipinski definition) is 0. The van der Waals surface area contributed by atoms with Crippen LogP contribution in [-0.2, 0) is 0 Å². The number of amides is 1. The van der Waals surface area contributed by atoms with Crippen molar-refractivity contribution in [1.82, 2.24) is 9.88 Å². The third-order valence-electron chi connectivity index (χ3n) is 4.70. The van der Waals surface area contributed by atoms with Crippen LogP contribution >= 0.6 is 11.3 Å². The van der Waals surface area contributed by atoms with E-state index in [1.54, 1.807) is 11.3 Å². The van der Waals surface area contributed by atoms with Crippen molar-refractivity contribution in [1.29, 1.82) is 0 Å². The summed E-state index contributed by atoms with van der Waals surface area (Å²) in [5.41, 5.74) is 4.18. The summed E-state index contributed by atoms with van der Waals surface area (Å²) < 4.78 is 0. The summed E-state index contributed by atoms with van der Waals surface area (Å²) in [6.07, 6.45) is 0. The molecule has 0 aliphatic carbocycles. The lowest BCUT2D eigenvalue weighted by Crippen LogP contribution is -2.48. The molecule has 2 aromatic carbocycles. The Morgan fingerprint density at radius 1 is 0.962 bits per heavy atom. The zero-order valence-corrected chi connectivity index (χ0v) is 15.6. The van der Waals surface area contributed by atoms with Gasteiger partial charge in [-0.25, -0.2) is 4.98 Å². The van der Waals surface area contributed by atoms with Crippen molar-refractivity contribution in [2.45, 2.75) is 6.92 Å². The molecule has 1 aromatic heterocycles. The maximum atomic E-state index is 12.6. The van der Waals surface area contributed by atoms with Gasteiger partial charge in [-0.15, -0.1) is 11.3 Å².